The van der Waals surface area contributed by atoms with E-state index in [-0.39, 0.29) is 5.69 Å². The van der Waals surface area contributed by atoms with Crippen molar-refractivity contribution in [1.82, 2.24) is 0 Å². The highest BCUT2D eigenvalue weighted by Crippen LogP contribution is 2.37. The highest BCUT2D eigenvalue weighted by Gasteiger charge is 2.38. The summed E-state index contributed by atoms with van der Waals surface area (Å²) < 4.78 is 42.6. The number of alkyl halides is 3. The van der Waals surface area contributed by atoms with Gasteiger partial charge in [-0.1, -0.05) is 0 Å². The Morgan fingerprint density at radius 3 is 2.50 bits per heavy atom. The van der Waals surface area contributed by atoms with Gasteiger partial charge in [0.1, 0.15) is 11.6 Å². The number of carbonyl (C=O) groups is 1. The lowest BCUT2D eigenvalue weighted by Crippen LogP contribution is -2.27. The molecule has 0 aliphatic rings. The third kappa shape index (κ3) is 3.59. The number of ether oxygens (including phenoxy) is 1. The summed E-state index contributed by atoms with van der Waals surface area (Å²) in [7, 11) is 1.14. The van der Waals surface area contributed by atoms with Crippen LogP contribution in [0.15, 0.2) is 18.2 Å². The molecule has 0 heterocycles. The maximum absolute atomic E-state index is 12.7. The molecule has 0 aromatic heterocycles. The fourth-order valence-corrected chi connectivity index (χ4v) is 1.50. The number of rotatable bonds is 4. The van der Waals surface area contributed by atoms with Crippen LogP contribution in [0.1, 0.15) is 12.5 Å². The second-order valence-corrected chi connectivity index (χ2v) is 3.88. The Hall–Kier alpha value is -2.32. The van der Waals surface area contributed by atoms with Crippen LogP contribution in [-0.2, 0) is 15.7 Å². The molecule has 0 amide bonds. The van der Waals surface area contributed by atoms with Crippen LogP contribution in [0.5, 0.6) is 0 Å². The minimum atomic E-state index is -4.87. The Balaban J connectivity index is 3.14. The van der Waals surface area contributed by atoms with Crippen LogP contribution < -0.4 is 5.32 Å². The lowest BCUT2D eigenvalue weighted by Gasteiger charge is -2.14. The first-order valence-electron chi connectivity index (χ1n) is 5.36. The zero-order valence-electron chi connectivity index (χ0n) is 10.5. The maximum atomic E-state index is 12.7. The number of methoxy groups -OCH3 is 1. The Kier molecular flexibility index (Phi) is 4.53. The van der Waals surface area contributed by atoms with Gasteiger partial charge in [-0.05, 0) is 19.1 Å². The normalized spacial score (nSPS) is 12.7. The summed E-state index contributed by atoms with van der Waals surface area (Å²) in [4.78, 5) is 20.6. The molecule has 1 rings (SSSR count). The standard InChI is InChI=1S/C11H11F3N2O4/c1-6(10(17)20-2)15-7-3-4-9(16(18)19)8(5-7)11(12,13)14/h3-6,15H,1-2H3. The lowest BCUT2D eigenvalue weighted by atomic mass is 10.1. The number of anilines is 1. The summed E-state index contributed by atoms with van der Waals surface area (Å²) >= 11 is 0. The molecule has 6 nitrogen and oxygen atoms in total. The van der Waals surface area contributed by atoms with Crippen LogP contribution in [-0.4, -0.2) is 24.0 Å². The molecule has 1 aromatic carbocycles. The van der Waals surface area contributed by atoms with E-state index in [1.54, 1.807) is 0 Å². The predicted octanol–water partition coefficient (Wildman–Crippen LogP) is 2.59. The van der Waals surface area contributed by atoms with E-state index in [0.29, 0.717) is 6.07 Å². The predicted molar refractivity (Wildman–Crippen MR) is 63.2 cm³/mol. The van der Waals surface area contributed by atoms with Crippen LogP contribution >= 0.6 is 0 Å². The third-order valence-corrected chi connectivity index (χ3v) is 2.44. The molecule has 0 saturated heterocycles. The number of nitrogens with zero attached hydrogens (tertiary/aromatic N) is 1. The first-order valence-corrected chi connectivity index (χ1v) is 5.36. The van der Waals surface area contributed by atoms with Crippen molar-refractivity contribution in [2.24, 2.45) is 0 Å². The molecule has 0 fully saturated rings. The summed E-state index contributed by atoms with van der Waals surface area (Å²) in [6, 6.07) is 1.52. The number of benzene rings is 1. The van der Waals surface area contributed by atoms with Crippen molar-refractivity contribution in [2.45, 2.75) is 19.1 Å². The molecule has 0 aliphatic heterocycles. The molecule has 0 bridgehead atoms. The van der Waals surface area contributed by atoms with Gasteiger partial charge in [0.2, 0.25) is 0 Å². The summed E-state index contributed by atoms with van der Waals surface area (Å²) in [5.41, 5.74) is -2.50. The quantitative estimate of drug-likeness (QED) is 0.524. The molecular weight excluding hydrogens is 281 g/mol. The molecule has 1 N–H and O–H groups in total. The van der Waals surface area contributed by atoms with Gasteiger partial charge in [0, 0.05) is 11.8 Å². The average Bonchev–Trinajstić information content (AvgIpc) is 2.36. The number of hydrogen-bond acceptors (Lipinski definition) is 5. The van der Waals surface area contributed by atoms with E-state index < -0.39 is 34.4 Å². The van der Waals surface area contributed by atoms with Gasteiger partial charge in [-0.15, -0.1) is 0 Å². The monoisotopic (exact) mass is 292 g/mol. The number of hydrogen-bond donors (Lipinski definition) is 1. The lowest BCUT2D eigenvalue weighted by molar-refractivity contribution is -0.388. The maximum Gasteiger partial charge on any atom is 0.423 e. The van der Waals surface area contributed by atoms with Crippen molar-refractivity contribution in [3.05, 3.63) is 33.9 Å². The number of nitrogens with one attached hydrogen (secondary N) is 1. The molecule has 110 valence electrons. The van der Waals surface area contributed by atoms with Gasteiger partial charge < -0.3 is 10.1 Å². The smallest absolute Gasteiger partial charge is 0.423 e. The fourth-order valence-electron chi connectivity index (χ4n) is 1.50. The van der Waals surface area contributed by atoms with Crippen LogP contribution in [0.4, 0.5) is 24.5 Å². The highest BCUT2D eigenvalue weighted by atomic mass is 19.4. The Bertz CT molecular complexity index is 531. The zero-order valence-corrected chi connectivity index (χ0v) is 10.5. The summed E-state index contributed by atoms with van der Waals surface area (Å²) in [5, 5.41) is 13.0. The minimum absolute atomic E-state index is 0.0687. The van der Waals surface area contributed by atoms with E-state index in [1.165, 1.54) is 6.92 Å². The number of nitro groups is 1. The Labute approximate surface area is 111 Å². The van der Waals surface area contributed by atoms with E-state index in [0.717, 1.165) is 19.2 Å². The molecule has 1 unspecified atom stereocenters. The zero-order chi connectivity index (χ0) is 15.5. The highest BCUT2D eigenvalue weighted by molar-refractivity contribution is 5.78. The number of esters is 1. The van der Waals surface area contributed by atoms with Crippen molar-refractivity contribution in [1.29, 1.82) is 0 Å². The van der Waals surface area contributed by atoms with E-state index in [4.69, 9.17) is 0 Å². The summed E-state index contributed by atoms with van der Waals surface area (Å²) in [6.45, 7) is 1.39. The van der Waals surface area contributed by atoms with Crippen molar-refractivity contribution >= 4 is 17.3 Å². The molecule has 1 aromatic rings. The van der Waals surface area contributed by atoms with Gasteiger partial charge in [0.15, 0.2) is 0 Å². The summed E-state index contributed by atoms with van der Waals surface area (Å²) in [5.74, 6) is -0.670. The third-order valence-electron chi connectivity index (χ3n) is 2.44. The first kappa shape index (κ1) is 15.7. The minimum Gasteiger partial charge on any atom is -0.467 e. The largest absolute Gasteiger partial charge is 0.467 e. The summed E-state index contributed by atoms with van der Waals surface area (Å²) in [6.07, 6.45) is -4.87. The fraction of sp³-hybridized carbons (Fsp3) is 0.364. The first-order chi connectivity index (χ1) is 9.16. The van der Waals surface area contributed by atoms with Gasteiger partial charge in [0.25, 0.3) is 5.69 Å². The van der Waals surface area contributed by atoms with Crippen molar-refractivity contribution in [3.8, 4) is 0 Å². The van der Waals surface area contributed by atoms with E-state index in [1.807, 2.05) is 0 Å². The van der Waals surface area contributed by atoms with Crippen LogP contribution in [0.3, 0.4) is 0 Å². The second-order valence-electron chi connectivity index (χ2n) is 3.88. The second kappa shape index (κ2) is 5.76. The molecular formula is C11H11F3N2O4. The molecule has 20 heavy (non-hydrogen) atoms. The molecule has 0 saturated carbocycles. The molecule has 1 atom stereocenters. The molecule has 9 heteroatoms. The average molecular weight is 292 g/mol. The SMILES string of the molecule is COC(=O)C(C)Nc1ccc([N+](=O)[O-])c(C(F)(F)F)c1. The topological polar surface area (TPSA) is 81.5 Å². The van der Waals surface area contributed by atoms with Crippen molar-refractivity contribution in [3.63, 3.8) is 0 Å². The number of carbonyl (C=O) groups excluding carboxylic acids is 1. The van der Waals surface area contributed by atoms with E-state index in [2.05, 4.69) is 10.1 Å². The van der Waals surface area contributed by atoms with Crippen molar-refractivity contribution in [2.75, 3.05) is 12.4 Å². The van der Waals surface area contributed by atoms with Crippen LogP contribution in [0, 0.1) is 10.1 Å². The Morgan fingerprint density at radius 2 is 2.05 bits per heavy atom. The number of nitro benzene ring substituents is 1. The van der Waals surface area contributed by atoms with Gasteiger partial charge >= 0.3 is 12.1 Å². The van der Waals surface area contributed by atoms with Crippen LogP contribution in [0.25, 0.3) is 0 Å². The van der Waals surface area contributed by atoms with Crippen LogP contribution in [0.2, 0.25) is 0 Å². The van der Waals surface area contributed by atoms with Crippen molar-refractivity contribution < 1.29 is 27.6 Å². The molecule has 0 aliphatic carbocycles. The van der Waals surface area contributed by atoms with Gasteiger partial charge in [0.05, 0.1) is 12.0 Å². The van der Waals surface area contributed by atoms with E-state index >= 15 is 0 Å². The molecule has 0 spiro atoms. The molecule has 0 radical (unpaired) electrons. The van der Waals surface area contributed by atoms with Gasteiger partial charge in [-0.25, -0.2) is 4.79 Å². The van der Waals surface area contributed by atoms with Gasteiger partial charge in [-0.2, -0.15) is 13.2 Å². The number of halogens is 3. The Morgan fingerprint density at radius 1 is 1.45 bits per heavy atom. The van der Waals surface area contributed by atoms with Gasteiger partial charge in [-0.3, -0.25) is 10.1 Å². The van der Waals surface area contributed by atoms with E-state index in [9.17, 15) is 28.1 Å².